The molecule has 2 aromatic rings. The van der Waals surface area contributed by atoms with Gasteiger partial charge in [-0.3, -0.25) is 14.5 Å². The second-order valence-corrected chi connectivity index (χ2v) is 6.33. The summed E-state index contributed by atoms with van der Waals surface area (Å²) in [4.78, 5) is 40.5. The minimum atomic E-state index is -0.421. The first-order valence-electron chi connectivity index (χ1n) is 8.95. The Labute approximate surface area is 153 Å². The van der Waals surface area contributed by atoms with Crippen molar-refractivity contribution in [2.45, 2.75) is 32.6 Å². The quantitative estimate of drug-likeness (QED) is 0.422. The van der Waals surface area contributed by atoms with Gasteiger partial charge in [0.25, 0.3) is 5.91 Å². The predicted octanol–water partition coefficient (Wildman–Crippen LogP) is 4.42. The molecule has 0 spiro atoms. The van der Waals surface area contributed by atoms with Gasteiger partial charge in [0.15, 0.2) is 5.78 Å². The number of Topliss-reactive ketones (excluding diaryl/α,β-unsaturated/α-hetero) is 1. The van der Waals surface area contributed by atoms with Crippen LogP contribution in [0.2, 0.25) is 0 Å². The summed E-state index contributed by atoms with van der Waals surface area (Å²) < 4.78 is 0. The number of nitrogens with zero attached hydrogens (tertiary/aromatic N) is 2. The SMILES string of the molecule is CCCCCC(=O)c1ccccc1N1CC(=O)N(c2ccccc2)C1=O. The lowest BCUT2D eigenvalue weighted by molar-refractivity contribution is -0.115. The fraction of sp³-hybridized carbons (Fsp3) is 0.286. The molecule has 3 rings (SSSR count). The molecule has 0 radical (unpaired) electrons. The van der Waals surface area contributed by atoms with Gasteiger partial charge < -0.3 is 0 Å². The second-order valence-electron chi connectivity index (χ2n) is 6.33. The zero-order valence-electron chi connectivity index (χ0n) is 14.9. The summed E-state index contributed by atoms with van der Waals surface area (Å²) in [6.45, 7) is 2.03. The van der Waals surface area contributed by atoms with Crippen LogP contribution in [0.15, 0.2) is 54.6 Å². The minimum absolute atomic E-state index is 0.00691. The molecule has 0 aromatic heterocycles. The molecule has 5 heteroatoms. The minimum Gasteiger partial charge on any atom is -0.294 e. The van der Waals surface area contributed by atoms with E-state index in [-0.39, 0.29) is 18.2 Å². The van der Waals surface area contributed by atoms with Crippen LogP contribution in [0.25, 0.3) is 0 Å². The van der Waals surface area contributed by atoms with E-state index in [9.17, 15) is 14.4 Å². The number of imide groups is 1. The molecule has 1 aliphatic heterocycles. The number of para-hydroxylation sites is 2. The number of carbonyl (C=O) groups is 3. The normalized spacial score (nSPS) is 14.2. The molecule has 0 unspecified atom stereocenters. The Morgan fingerprint density at radius 1 is 0.962 bits per heavy atom. The van der Waals surface area contributed by atoms with Crippen molar-refractivity contribution in [3.05, 3.63) is 60.2 Å². The Bertz CT molecular complexity index is 817. The Balaban J connectivity index is 1.87. The monoisotopic (exact) mass is 350 g/mol. The third kappa shape index (κ3) is 3.52. The molecule has 1 fully saturated rings. The molecule has 134 valence electrons. The van der Waals surface area contributed by atoms with Crippen LogP contribution < -0.4 is 9.80 Å². The summed E-state index contributed by atoms with van der Waals surface area (Å²) in [5.74, 6) is -0.290. The smallest absolute Gasteiger partial charge is 0.294 e. The number of benzene rings is 2. The number of urea groups is 1. The van der Waals surface area contributed by atoms with Crippen molar-refractivity contribution in [2.24, 2.45) is 0 Å². The van der Waals surface area contributed by atoms with Gasteiger partial charge in [-0.1, -0.05) is 50.1 Å². The molecule has 26 heavy (non-hydrogen) atoms. The molecule has 1 heterocycles. The Kier molecular flexibility index (Phi) is 5.46. The Morgan fingerprint density at radius 3 is 2.38 bits per heavy atom. The van der Waals surface area contributed by atoms with Crippen LogP contribution in [-0.2, 0) is 4.79 Å². The van der Waals surface area contributed by atoms with Crippen molar-refractivity contribution >= 4 is 29.1 Å². The summed E-state index contributed by atoms with van der Waals surface area (Å²) in [7, 11) is 0. The van der Waals surface area contributed by atoms with Crippen LogP contribution in [-0.4, -0.2) is 24.3 Å². The fourth-order valence-corrected chi connectivity index (χ4v) is 3.14. The van der Waals surface area contributed by atoms with E-state index in [0.717, 1.165) is 19.3 Å². The maximum atomic E-state index is 12.9. The Morgan fingerprint density at radius 2 is 1.65 bits per heavy atom. The van der Waals surface area contributed by atoms with E-state index in [4.69, 9.17) is 0 Å². The summed E-state index contributed by atoms with van der Waals surface area (Å²) in [6.07, 6.45) is 3.31. The summed E-state index contributed by atoms with van der Waals surface area (Å²) >= 11 is 0. The van der Waals surface area contributed by atoms with Crippen molar-refractivity contribution < 1.29 is 14.4 Å². The number of hydrogen-bond donors (Lipinski definition) is 0. The molecule has 0 saturated carbocycles. The summed E-state index contributed by atoms with van der Waals surface area (Å²) in [5.41, 5.74) is 1.54. The highest BCUT2D eigenvalue weighted by molar-refractivity contribution is 6.27. The van der Waals surface area contributed by atoms with Crippen molar-refractivity contribution in [1.29, 1.82) is 0 Å². The third-order valence-corrected chi connectivity index (χ3v) is 4.48. The van der Waals surface area contributed by atoms with E-state index in [1.807, 2.05) is 6.07 Å². The summed E-state index contributed by atoms with van der Waals surface area (Å²) in [6, 6.07) is 15.4. The first-order chi connectivity index (χ1) is 12.6. The Hall–Kier alpha value is -2.95. The molecular formula is C21H22N2O3. The third-order valence-electron chi connectivity index (χ3n) is 4.48. The zero-order chi connectivity index (χ0) is 18.5. The van der Waals surface area contributed by atoms with Gasteiger partial charge in [-0.15, -0.1) is 0 Å². The molecule has 1 saturated heterocycles. The van der Waals surface area contributed by atoms with Gasteiger partial charge >= 0.3 is 6.03 Å². The molecule has 0 atom stereocenters. The van der Waals surface area contributed by atoms with Gasteiger partial charge in [-0.2, -0.15) is 0 Å². The van der Waals surface area contributed by atoms with Crippen molar-refractivity contribution in [2.75, 3.05) is 16.3 Å². The number of unbranched alkanes of at least 4 members (excludes halogenated alkanes) is 2. The van der Waals surface area contributed by atoms with Crippen molar-refractivity contribution in [3.63, 3.8) is 0 Å². The highest BCUT2D eigenvalue weighted by Gasteiger charge is 2.39. The number of anilines is 2. The van der Waals surface area contributed by atoms with Crippen LogP contribution in [0.1, 0.15) is 43.0 Å². The maximum absolute atomic E-state index is 12.9. The molecule has 0 N–H and O–H groups in total. The van der Waals surface area contributed by atoms with E-state index in [1.54, 1.807) is 48.5 Å². The average molecular weight is 350 g/mol. The van der Waals surface area contributed by atoms with Gasteiger partial charge in [-0.25, -0.2) is 9.69 Å². The zero-order valence-corrected chi connectivity index (χ0v) is 14.9. The van der Waals surface area contributed by atoms with E-state index in [2.05, 4.69) is 6.92 Å². The van der Waals surface area contributed by atoms with Gasteiger partial charge in [0.2, 0.25) is 0 Å². The van der Waals surface area contributed by atoms with Crippen LogP contribution in [0.4, 0.5) is 16.2 Å². The maximum Gasteiger partial charge on any atom is 0.336 e. The van der Waals surface area contributed by atoms with Gasteiger partial charge in [0.1, 0.15) is 6.54 Å². The molecule has 1 aliphatic rings. The first kappa shape index (κ1) is 17.9. The van der Waals surface area contributed by atoms with E-state index in [1.165, 1.54) is 9.80 Å². The average Bonchev–Trinajstić information content (AvgIpc) is 2.96. The second kappa shape index (κ2) is 7.95. The number of ketones is 1. The van der Waals surface area contributed by atoms with Gasteiger partial charge in [0.05, 0.1) is 11.4 Å². The largest absolute Gasteiger partial charge is 0.336 e. The first-order valence-corrected chi connectivity index (χ1v) is 8.95. The van der Waals surface area contributed by atoms with Crippen LogP contribution in [0, 0.1) is 0 Å². The molecule has 5 nitrogen and oxygen atoms in total. The predicted molar refractivity (Wildman–Crippen MR) is 102 cm³/mol. The molecule has 2 aromatic carbocycles. The number of amides is 3. The van der Waals surface area contributed by atoms with E-state index < -0.39 is 6.03 Å². The standard InChI is InChI=1S/C21H22N2O3/c1-2-3-5-14-19(24)17-12-8-9-13-18(17)22-15-20(25)23(21(22)26)16-10-6-4-7-11-16/h4,6-13H,2-3,5,14-15H2,1H3. The lowest BCUT2D eigenvalue weighted by atomic mass is 10.0. The van der Waals surface area contributed by atoms with E-state index in [0.29, 0.717) is 23.4 Å². The van der Waals surface area contributed by atoms with Crippen molar-refractivity contribution in [3.8, 4) is 0 Å². The lowest BCUT2D eigenvalue weighted by Crippen LogP contribution is -2.33. The number of carbonyl (C=O) groups excluding carboxylic acids is 3. The fourth-order valence-electron chi connectivity index (χ4n) is 3.14. The number of rotatable bonds is 7. The molecule has 0 bridgehead atoms. The number of hydrogen-bond acceptors (Lipinski definition) is 3. The lowest BCUT2D eigenvalue weighted by Gasteiger charge is -2.19. The van der Waals surface area contributed by atoms with Gasteiger partial charge in [-0.05, 0) is 30.7 Å². The van der Waals surface area contributed by atoms with E-state index >= 15 is 0 Å². The molecular weight excluding hydrogens is 328 g/mol. The van der Waals surface area contributed by atoms with Gasteiger partial charge in [0, 0.05) is 12.0 Å². The van der Waals surface area contributed by atoms with Crippen LogP contribution >= 0.6 is 0 Å². The molecule has 0 aliphatic carbocycles. The van der Waals surface area contributed by atoms with Crippen molar-refractivity contribution in [1.82, 2.24) is 0 Å². The molecule has 3 amide bonds. The highest BCUT2D eigenvalue weighted by Crippen LogP contribution is 2.29. The van der Waals surface area contributed by atoms with Crippen LogP contribution in [0.5, 0.6) is 0 Å². The topological polar surface area (TPSA) is 57.7 Å². The highest BCUT2D eigenvalue weighted by atomic mass is 16.2. The summed E-state index contributed by atoms with van der Waals surface area (Å²) in [5, 5.41) is 0. The van der Waals surface area contributed by atoms with Crippen LogP contribution in [0.3, 0.4) is 0 Å².